The Labute approximate surface area is 92.1 Å². The summed E-state index contributed by atoms with van der Waals surface area (Å²) in [5, 5.41) is 6.78. The first-order chi connectivity index (χ1) is 7.40. The standard InChI is InChI=1S/C13H20N2/c1-2-14-8-3-4-11-5-6-12-7-9-15-13(12)10-11/h5-6,10,14-15H,2-4,7-9H2,1H3. The second kappa shape index (κ2) is 5.17. The van der Waals surface area contributed by atoms with E-state index in [-0.39, 0.29) is 0 Å². The van der Waals surface area contributed by atoms with Crippen molar-refractivity contribution in [3.63, 3.8) is 0 Å². The molecule has 0 saturated heterocycles. The van der Waals surface area contributed by atoms with Crippen molar-refractivity contribution in [2.45, 2.75) is 26.2 Å². The zero-order valence-corrected chi connectivity index (χ0v) is 9.47. The third-order valence-electron chi connectivity index (χ3n) is 2.95. The molecule has 1 heterocycles. The fourth-order valence-electron chi connectivity index (χ4n) is 2.09. The van der Waals surface area contributed by atoms with Gasteiger partial charge < -0.3 is 10.6 Å². The van der Waals surface area contributed by atoms with Crippen molar-refractivity contribution in [2.75, 3.05) is 25.0 Å². The summed E-state index contributed by atoms with van der Waals surface area (Å²) in [6, 6.07) is 6.87. The highest BCUT2D eigenvalue weighted by molar-refractivity contribution is 5.57. The van der Waals surface area contributed by atoms with Crippen molar-refractivity contribution in [1.82, 2.24) is 5.32 Å². The van der Waals surface area contributed by atoms with E-state index in [4.69, 9.17) is 0 Å². The van der Waals surface area contributed by atoms with Gasteiger partial charge in [-0.05, 0) is 49.5 Å². The van der Waals surface area contributed by atoms with Crippen LogP contribution in [0, 0.1) is 0 Å². The zero-order valence-electron chi connectivity index (χ0n) is 9.47. The second-order valence-corrected chi connectivity index (χ2v) is 4.13. The normalized spacial score (nSPS) is 13.7. The predicted molar refractivity (Wildman–Crippen MR) is 65.5 cm³/mol. The number of hydrogen-bond donors (Lipinski definition) is 2. The van der Waals surface area contributed by atoms with E-state index in [0.29, 0.717) is 0 Å². The van der Waals surface area contributed by atoms with Crippen molar-refractivity contribution in [3.05, 3.63) is 29.3 Å². The number of benzene rings is 1. The van der Waals surface area contributed by atoms with E-state index >= 15 is 0 Å². The van der Waals surface area contributed by atoms with Gasteiger partial charge in [-0.25, -0.2) is 0 Å². The highest BCUT2D eigenvalue weighted by Gasteiger charge is 2.09. The number of fused-ring (bicyclic) bond motifs is 1. The third-order valence-corrected chi connectivity index (χ3v) is 2.95. The van der Waals surface area contributed by atoms with Crippen LogP contribution in [0.15, 0.2) is 18.2 Å². The molecule has 0 amide bonds. The minimum atomic E-state index is 1.08. The molecular formula is C13H20N2. The van der Waals surface area contributed by atoms with Gasteiger partial charge in [0.05, 0.1) is 0 Å². The summed E-state index contributed by atoms with van der Waals surface area (Å²) in [7, 11) is 0. The van der Waals surface area contributed by atoms with E-state index in [0.717, 1.165) is 19.6 Å². The Morgan fingerprint density at radius 3 is 3.20 bits per heavy atom. The molecule has 15 heavy (non-hydrogen) atoms. The van der Waals surface area contributed by atoms with Gasteiger partial charge >= 0.3 is 0 Å². The number of hydrogen-bond acceptors (Lipinski definition) is 2. The Kier molecular flexibility index (Phi) is 3.62. The number of aryl methyl sites for hydroxylation is 1. The van der Waals surface area contributed by atoms with Crippen molar-refractivity contribution in [2.24, 2.45) is 0 Å². The van der Waals surface area contributed by atoms with E-state index in [2.05, 4.69) is 35.8 Å². The highest BCUT2D eigenvalue weighted by Crippen LogP contribution is 2.23. The van der Waals surface area contributed by atoms with Crippen LogP contribution in [-0.2, 0) is 12.8 Å². The van der Waals surface area contributed by atoms with Crippen LogP contribution in [0.1, 0.15) is 24.5 Å². The lowest BCUT2D eigenvalue weighted by atomic mass is 10.1. The molecular weight excluding hydrogens is 184 g/mol. The second-order valence-electron chi connectivity index (χ2n) is 4.13. The Bertz CT molecular complexity index is 320. The van der Waals surface area contributed by atoms with Crippen LogP contribution >= 0.6 is 0 Å². The SMILES string of the molecule is CCNCCCc1ccc2c(c1)NCC2. The van der Waals surface area contributed by atoms with E-state index in [1.165, 1.54) is 36.1 Å². The van der Waals surface area contributed by atoms with Gasteiger partial charge in [-0.1, -0.05) is 19.1 Å². The van der Waals surface area contributed by atoms with Gasteiger partial charge in [0, 0.05) is 12.2 Å². The van der Waals surface area contributed by atoms with E-state index in [1.54, 1.807) is 0 Å². The molecule has 0 bridgehead atoms. The molecule has 2 N–H and O–H groups in total. The van der Waals surface area contributed by atoms with Crippen molar-refractivity contribution >= 4 is 5.69 Å². The number of rotatable bonds is 5. The third kappa shape index (κ3) is 2.72. The summed E-state index contributed by atoms with van der Waals surface area (Å²) in [6.07, 6.45) is 3.60. The maximum atomic E-state index is 3.43. The van der Waals surface area contributed by atoms with Gasteiger partial charge in [-0.3, -0.25) is 0 Å². The quantitative estimate of drug-likeness (QED) is 0.718. The molecule has 0 spiro atoms. The van der Waals surface area contributed by atoms with Crippen LogP contribution in [-0.4, -0.2) is 19.6 Å². The van der Waals surface area contributed by atoms with Gasteiger partial charge in [0.1, 0.15) is 0 Å². The van der Waals surface area contributed by atoms with Crippen molar-refractivity contribution in [1.29, 1.82) is 0 Å². The molecule has 2 heteroatoms. The molecule has 1 aromatic rings. The minimum absolute atomic E-state index is 1.08. The van der Waals surface area contributed by atoms with Gasteiger partial charge in [-0.2, -0.15) is 0 Å². The Balaban J connectivity index is 1.87. The fourth-order valence-corrected chi connectivity index (χ4v) is 2.09. The molecule has 0 atom stereocenters. The minimum Gasteiger partial charge on any atom is -0.384 e. The summed E-state index contributed by atoms with van der Waals surface area (Å²) in [5.74, 6) is 0. The first-order valence-corrected chi connectivity index (χ1v) is 5.96. The molecule has 0 saturated carbocycles. The zero-order chi connectivity index (χ0) is 10.5. The number of anilines is 1. The average Bonchev–Trinajstić information content (AvgIpc) is 2.71. The summed E-state index contributed by atoms with van der Waals surface area (Å²) in [5.41, 5.74) is 4.29. The van der Waals surface area contributed by atoms with Gasteiger partial charge in [0.15, 0.2) is 0 Å². The monoisotopic (exact) mass is 204 g/mol. The van der Waals surface area contributed by atoms with Crippen molar-refractivity contribution < 1.29 is 0 Å². The van der Waals surface area contributed by atoms with Crippen LogP contribution in [0.5, 0.6) is 0 Å². The Morgan fingerprint density at radius 1 is 1.40 bits per heavy atom. The number of nitrogens with one attached hydrogen (secondary N) is 2. The lowest BCUT2D eigenvalue weighted by Crippen LogP contribution is -2.14. The van der Waals surface area contributed by atoms with E-state index < -0.39 is 0 Å². The molecule has 0 aliphatic carbocycles. The van der Waals surface area contributed by atoms with Gasteiger partial charge in [0.25, 0.3) is 0 Å². The Morgan fingerprint density at radius 2 is 2.33 bits per heavy atom. The first kappa shape index (κ1) is 10.5. The maximum Gasteiger partial charge on any atom is 0.0376 e. The summed E-state index contributed by atoms with van der Waals surface area (Å²) >= 11 is 0. The molecule has 2 rings (SSSR count). The Hall–Kier alpha value is -1.02. The van der Waals surface area contributed by atoms with Crippen molar-refractivity contribution in [3.8, 4) is 0 Å². The molecule has 2 nitrogen and oxygen atoms in total. The maximum absolute atomic E-state index is 3.43. The lowest BCUT2D eigenvalue weighted by Gasteiger charge is -2.05. The smallest absolute Gasteiger partial charge is 0.0376 e. The van der Waals surface area contributed by atoms with E-state index in [1.807, 2.05) is 0 Å². The molecule has 0 radical (unpaired) electrons. The molecule has 1 aliphatic heterocycles. The van der Waals surface area contributed by atoms with Crippen LogP contribution in [0.25, 0.3) is 0 Å². The largest absolute Gasteiger partial charge is 0.384 e. The molecule has 1 aromatic carbocycles. The molecule has 82 valence electrons. The summed E-state index contributed by atoms with van der Waals surface area (Å²) in [6.45, 7) is 5.46. The van der Waals surface area contributed by atoms with E-state index in [9.17, 15) is 0 Å². The fraction of sp³-hybridized carbons (Fsp3) is 0.538. The van der Waals surface area contributed by atoms with Gasteiger partial charge in [0.2, 0.25) is 0 Å². The van der Waals surface area contributed by atoms with Crippen LogP contribution in [0.3, 0.4) is 0 Å². The van der Waals surface area contributed by atoms with Crippen LogP contribution in [0.4, 0.5) is 5.69 Å². The highest BCUT2D eigenvalue weighted by atomic mass is 14.9. The first-order valence-electron chi connectivity index (χ1n) is 5.96. The topological polar surface area (TPSA) is 24.1 Å². The van der Waals surface area contributed by atoms with Crippen LogP contribution in [0.2, 0.25) is 0 Å². The average molecular weight is 204 g/mol. The lowest BCUT2D eigenvalue weighted by molar-refractivity contribution is 0.673. The molecule has 1 aliphatic rings. The molecule has 0 unspecified atom stereocenters. The molecule has 0 aromatic heterocycles. The summed E-state index contributed by atoms with van der Waals surface area (Å²) in [4.78, 5) is 0. The van der Waals surface area contributed by atoms with Crippen LogP contribution < -0.4 is 10.6 Å². The summed E-state index contributed by atoms with van der Waals surface area (Å²) < 4.78 is 0. The molecule has 0 fully saturated rings. The predicted octanol–water partition coefficient (Wildman–Crippen LogP) is 2.20. The van der Waals surface area contributed by atoms with Gasteiger partial charge in [-0.15, -0.1) is 0 Å².